The molecule has 0 amide bonds. The van der Waals surface area contributed by atoms with Crippen LogP contribution in [0.1, 0.15) is 71.6 Å². The van der Waals surface area contributed by atoms with Crippen LogP contribution >= 0.6 is 23.5 Å². The summed E-state index contributed by atoms with van der Waals surface area (Å²) in [5.74, 6) is 2.06. The van der Waals surface area contributed by atoms with E-state index in [9.17, 15) is 9.90 Å². The standard InChI is InChI=1S/C25H28O2S2/c1-25(2)13-12-20(24-28-14-3-15-29-24)21-16-18(8-11-22(21)25)5-4-17-6-9-19(10-7-17)23(26)27/h4-11,16,20,24H,3,12-15H2,1-2H3,(H,26,27)/p-1/b5-4+. The zero-order chi connectivity index (χ0) is 20.4. The van der Waals surface area contributed by atoms with E-state index in [0.29, 0.717) is 10.5 Å². The van der Waals surface area contributed by atoms with Crippen molar-refractivity contribution in [1.29, 1.82) is 0 Å². The predicted molar refractivity (Wildman–Crippen MR) is 124 cm³/mol. The van der Waals surface area contributed by atoms with E-state index in [1.165, 1.54) is 47.5 Å². The second-order valence-corrected chi connectivity index (χ2v) is 11.4. The summed E-state index contributed by atoms with van der Waals surface area (Å²) < 4.78 is 0.676. The first kappa shape index (κ1) is 20.6. The molecule has 152 valence electrons. The molecule has 0 bridgehead atoms. The summed E-state index contributed by atoms with van der Waals surface area (Å²) in [6.45, 7) is 4.75. The minimum absolute atomic E-state index is 0.212. The van der Waals surface area contributed by atoms with Crippen LogP contribution in [-0.2, 0) is 5.41 Å². The molecule has 2 nitrogen and oxygen atoms in total. The van der Waals surface area contributed by atoms with E-state index in [1.807, 2.05) is 18.2 Å². The van der Waals surface area contributed by atoms with Crippen molar-refractivity contribution in [3.8, 4) is 0 Å². The van der Waals surface area contributed by atoms with Crippen LogP contribution in [-0.4, -0.2) is 22.1 Å². The Balaban J connectivity index is 1.61. The van der Waals surface area contributed by atoms with Gasteiger partial charge in [-0.25, -0.2) is 0 Å². The van der Waals surface area contributed by atoms with Gasteiger partial charge in [0, 0.05) is 5.92 Å². The number of benzene rings is 2. The van der Waals surface area contributed by atoms with Gasteiger partial charge in [0.15, 0.2) is 0 Å². The summed E-state index contributed by atoms with van der Waals surface area (Å²) >= 11 is 4.29. The van der Waals surface area contributed by atoms with Crippen LogP contribution < -0.4 is 5.11 Å². The first-order valence-electron chi connectivity index (χ1n) is 10.3. The van der Waals surface area contributed by atoms with E-state index >= 15 is 0 Å². The van der Waals surface area contributed by atoms with Gasteiger partial charge in [-0.15, -0.1) is 23.5 Å². The third kappa shape index (κ3) is 4.59. The summed E-state index contributed by atoms with van der Waals surface area (Å²) in [6, 6.07) is 13.8. The minimum atomic E-state index is -1.14. The van der Waals surface area contributed by atoms with Gasteiger partial charge in [-0.05, 0) is 64.0 Å². The highest BCUT2D eigenvalue weighted by molar-refractivity contribution is 8.17. The predicted octanol–water partition coefficient (Wildman–Crippen LogP) is 5.57. The van der Waals surface area contributed by atoms with Gasteiger partial charge in [0.05, 0.1) is 10.6 Å². The molecule has 1 heterocycles. The van der Waals surface area contributed by atoms with Gasteiger partial charge in [-0.2, -0.15) is 0 Å². The van der Waals surface area contributed by atoms with E-state index in [0.717, 1.165) is 5.56 Å². The first-order chi connectivity index (χ1) is 13.9. The molecule has 0 aromatic heterocycles. The quantitative estimate of drug-likeness (QED) is 0.603. The summed E-state index contributed by atoms with van der Waals surface area (Å²) in [5.41, 5.74) is 5.69. The van der Waals surface area contributed by atoms with Gasteiger partial charge >= 0.3 is 0 Å². The van der Waals surface area contributed by atoms with Gasteiger partial charge in [0.1, 0.15) is 0 Å². The molecule has 0 N–H and O–H groups in total. The molecule has 1 aliphatic heterocycles. The van der Waals surface area contributed by atoms with Crippen LogP contribution in [0.5, 0.6) is 0 Å². The number of carbonyl (C=O) groups excluding carboxylic acids is 1. The number of carboxylic acids is 1. The smallest absolute Gasteiger partial charge is 0.0715 e. The number of aromatic carboxylic acids is 1. The molecule has 0 spiro atoms. The zero-order valence-electron chi connectivity index (χ0n) is 17.0. The van der Waals surface area contributed by atoms with Crippen LogP contribution in [0, 0.1) is 0 Å². The van der Waals surface area contributed by atoms with E-state index in [4.69, 9.17) is 0 Å². The molecule has 4 rings (SSSR count). The van der Waals surface area contributed by atoms with Crippen LogP contribution in [0.3, 0.4) is 0 Å². The van der Waals surface area contributed by atoms with Gasteiger partial charge < -0.3 is 9.90 Å². The molecular formula is C25H27O2S2-. The van der Waals surface area contributed by atoms with Crippen molar-refractivity contribution in [3.63, 3.8) is 0 Å². The van der Waals surface area contributed by atoms with Crippen molar-refractivity contribution in [2.75, 3.05) is 11.5 Å². The fraction of sp³-hybridized carbons (Fsp3) is 0.400. The molecule has 1 fully saturated rings. The van der Waals surface area contributed by atoms with Gasteiger partial charge in [0.2, 0.25) is 0 Å². The largest absolute Gasteiger partial charge is 0.545 e. The molecule has 2 aromatic rings. The fourth-order valence-electron chi connectivity index (χ4n) is 4.36. The highest BCUT2D eigenvalue weighted by Gasteiger charge is 2.37. The Morgan fingerprint density at radius 2 is 1.69 bits per heavy atom. The number of rotatable bonds is 4. The molecule has 1 saturated heterocycles. The van der Waals surface area contributed by atoms with Crippen molar-refractivity contribution in [2.45, 2.75) is 49.0 Å². The Kier molecular flexibility index (Phi) is 6.12. The Hall–Kier alpha value is -1.65. The highest BCUT2D eigenvalue weighted by atomic mass is 32.2. The van der Waals surface area contributed by atoms with Crippen LogP contribution in [0.2, 0.25) is 0 Å². The normalized spacial score (nSPS) is 21.8. The maximum atomic E-state index is 10.9. The lowest BCUT2D eigenvalue weighted by molar-refractivity contribution is -0.255. The number of hydrogen-bond acceptors (Lipinski definition) is 4. The van der Waals surface area contributed by atoms with Gasteiger partial charge in [-0.3, -0.25) is 0 Å². The molecule has 0 saturated carbocycles. The molecule has 29 heavy (non-hydrogen) atoms. The van der Waals surface area contributed by atoms with Crippen molar-refractivity contribution in [3.05, 3.63) is 70.3 Å². The monoisotopic (exact) mass is 423 g/mol. The minimum Gasteiger partial charge on any atom is -0.545 e. The van der Waals surface area contributed by atoms with Crippen LogP contribution in [0.15, 0.2) is 42.5 Å². The van der Waals surface area contributed by atoms with E-state index in [2.05, 4.69) is 61.6 Å². The number of thioether (sulfide) groups is 2. The molecule has 2 aromatic carbocycles. The lowest BCUT2D eigenvalue weighted by Gasteiger charge is -2.41. The first-order valence-corrected chi connectivity index (χ1v) is 12.4. The summed E-state index contributed by atoms with van der Waals surface area (Å²) in [6.07, 6.45) is 8.03. The molecule has 1 aliphatic carbocycles. The topological polar surface area (TPSA) is 40.1 Å². The van der Waals surface area contributed by atoms with Gasteiger partial charge in [0.25, 0.3) is 0 Å². The Labute approximate surface area is 182 Å². The van der Waals surface area contributed by atoms with Crippen molar-refractivity contribution in [1.82, 2.24) is 0 Å². The Bertz CT molecular complexity index is 909. The Morgan fingerprint density at radius 3 is 2.38 bits per heavy atom. The van der Waals surface area contributed by atoms with Crippen molar-refractivity contribution in [2.24, 2.45) is 0 Å². The van der Waals surface area contributed by atoms with Gasteiger partial charge in [-0.1, -0.05) is 68.5 Å². The highest BCUT2D eigenvalue weighted by Crippen LogP contribution is 2.50. The Morgan fingerprint density at radius 1 is 1.03 bits per heavy atom. The lowest BCUT2D eigenvalue weighted by atomic mass is 9.69. The fourth-order valence-corrected chi connectivity index (χ4v) is 7.62. The maximum Gasteiger partial charge on any atom is 0.0715 e. The van der Waals surface area contributed by atoms with Crippen molar-refractivity contribution >= 4 is 41.6 Å². The SMILES string of the molecule is CC1(C)CCC(C2SCCCS2)c2cc(/C=C/c3ccc(C(=O)[O-])cc3)ccc21. The number of carboxylic acid groups (broad SMARTS) is 1. The molecule has 4 heteroatoms. The summed E-state index contributed by atoms with van der Waals surface area (Å²) in [5, 5.41) is 10.9. The molecular weight excluding hydrogens is 396 g/mol. The van der Waals surface area contributed by atoms with E-state index in [1.54, 1.807) is 12.1 Å². The average molecular weight is 424 g/mol. The third-order valence-corrected chi connectivity index (χ3v) is 9.26. The zero-order valence-corrected chi connectivity index (χ0v) is 18.7. The number of carbonyl (C=O) groups is 1. The van der Waals surface area contributed by atoms with E-state index < -0.39 is 5.97 Å². The van der Waals surface area contributed by atoms with Crippen LogP contribution in [0.25, 0.3) is 12.2 Å². The van der Waals surface area contributed by atoms with Crippen LogP contribution in [0.4, 0.5) is 0 Å². The second-order valence-electron chi connectivity index (χ2n) is 8.58. The number of fused-ring (bicyclic) bond motifs is 1. The maximum absolute atomic E-state index is 10.9. The average Bonchev–Trinajstić information content (AvgIpc) is 2.73. The molecule has 2 aliphatic rings. The molecule has 1 atom stereocenters. The van der Waals surface area contributed by atoms with E-state index in [-0.39, 0.29) is 11.0 Å². The summed E-state index contributed by atoms with van der Waals surface area (Å²) in [7, 11) is 0. The summed E-state index contributed by atoms with van der Waals surface area (Å²) in [4.78, 5) is 10.9. The third-order valence-electron chi connectivity index (χ3n) is 6.08. The molecule has 0 radical (unpaired) electrons. The van der Waals surface area contributed by atoms with Crippen molar-refractivity contribution < 1.29 is 9.90 Å². The number of hydrogen-bond donors (Lipinski definition) is 0. The second kappa shape index (κ2) is 8.61. The lowest BCUT2D eigenvalue weighted by Crippen LogP contribution is -2.30. The molecule has 1 unspecified atom stereocenters.